The van der Waals surface area contributed by atoms with Gasteiger partial charge < -0.3 is 0 Å². The van der Waals surface area contributed by atoms with Gasteiger partial charge in [0.25, 0.3) is 0 Å². The topological polar surface area (TPSA) is 34.9 Å². The number of Topliss-reactive ketones (excluding diaryl/α,β-unsaturated/α-hetero) is 1. The third kappa shape index (κ3) is 1.66. The number of hydrogen-bond acceptors (Lipinski definition) is 2. The first-order valence-electron chi connectivity index (χ1n) is 3.51. The van der Waals surface area contributed by atoms with Gasteiger partial charge in [0, 0.05) is 12.7 Å². The van der Waals surface area contributed by atoms with Crippen molar-refractivity contribution in [2.24, 2.45) is 0 Å². The van der Waals surface area contributed by atoms with E-state index in [-0.39, 0.29) is 5.69 Å². The Bertz CT molecular complexity index is 283. The van der Waals surface area contributed by atoms with Gasteiger partial charge in [0.05, 0.1) is 0 Å². The smallest absolute Gasteiger partial charge is 0.286 e. The van der Waals surface area contributed by atoms with Gasteiger partial charge in [-0.25, -0.2) is 8.78 Å². The number of ketones is 1. The second-order valence-electron chi connectivity index (χ2n) is 2.22. The molecule has 0 aromatic carbocycles. The molecule has 1 aromatic heterocycles. The Morgan fingerprint density at radius 1 is 1.75 bits per heavy atom. The van der Waals surface area contributed by atoms with Gasteiger partial charge in [0.15, 0.2) is 0 Å². The summed E-state index contributed by atoms with van der Waals surface area (Å²) in [5, 5.41) is 3.64. The van der Waals surface area contributed by atoms with Gasteiger partial charge >= 0.3 is 6.43 Å². The summed E-state index contributed by atoms with van der Waals surface area (Å²) in [6.45, 7) is 2.38. The third-order valence-electron chi connectivity index (χ3n) is 1.42. The molecule has 0 N–H and O–H groups in total. The molecule has 3 nitrogen and oxygen atoms in total. The molecule has 5 heteroatoms. The summed E-state index contributed by atoms with van der Waals surface area (Å²) in [5.41, 5.74) is -0.174. The first-order chi connectivity index (χ1) is 5.65. The second-order valence-corrected chi connectivity index (χ2v) is 2.22. The molecule has 0 aliphatic rings. The van der Waals surface area contributed by atoms with Crippen molar-refractivity contribution >= 4 is 5.78 Å². The van der Waals surface area contributed by atoms with Crippen molar-refractivity contribution in [3.05, 3.63) is 18.0 Å². The lowest BCUT2D eigenvalue weighted by atomic mass is 10.3. The Labute approximate surface area is 68.0 Å². The van der Waals surface area contributed by atoms with Crippen LogP contribution in [0.1, 0.15) is 17.4 Å². The third-order valence-corrected chi connectivity index (χ3v) is 1.42. The molecule has 0 amide bonds. The number of carbonyl (C=O) groups excluding carboxylic acids is 1. The van der Waals surface area contributed by atoms with Crippen molar-refractivity contribution in [1.29, 1.82) is 0 Å². The lowest BCUT2D eigenvalue weighted by Crippen LogP contribution is -2.11. The van der Waals surface area contributed by atoms with Gasteiger partial charge in [-0.3, -0.25) is 9.48 Å². The van der Waals surface area contributed by atoms with Crippen molar-refractivity contribution in [3.8, 4) is 0 Å². The predicted octanol–water partition coefficient (Wildman–Crippen LogP) is 1.35. The molecule has 0 fully saturated rings. The summed E-state index contributed by atoms with van der Waals surface area (Å²) < 4.78 is 25.1. The number of rotatable bonds is 3. The molecule has 0 radical (unpaired) electrons. The molecule has 66 valence electrons. The number of aryl methyl sites for hydroxylation is 1. The van der Waals surface area contributed by atoms with Crippen LogP contribution in [0.15, 0.2) is 12.3 Å². The highest BCUT2D eigenvalue weighted by atomic mass is 19.3. The standard InChI is InChI=1S/C7H8F2N2O/c1-2-11-4-3-5(10-11)6(12)7(8)9/h3-4,7H,2H2,1H3. The molecule has 1 aromatic rings. The molecular formula is C7H8F2N2O. The van der Waals surface area contributed by atoms with Gasteiger partial charge in [-0.05, 0) is 13.0 Å². The van der Waals surface area contributed by atoms with Crippen LogP contribution in [0.25, 0.3) is 0 Å². The maximum Gasteiger partial charge on any atom is 0.302 e. The Morgan fingerprint density at radius 2 is 2.42 bits per heavy atom. The number of aromatic nitrogens is 2. The first kappa shape index (κ1) is 8.83. The summed E-state index contributed by atoms with van der Waals surface area (Å²) in [5.74, 6) is -1.22. The van der Waals surface area contributed by atoms with E-state index in [2.05, 4.69) is 5.10 Å². The van der Waals surface area contributed by atoms with Crippen molar-refractivity contribution in [2.45, 2.75) is 19.9 Å². The Hall–Kier alpha value is -1.26. The molecular weight excluding hydrogens is 166 g/mol. The summed E-state index contributed by atoms with van der Waals surface area (Å²) >= 11 is 0. The molecule has 0 saturated heterocycles. The van der Waals surface area contributed by atoms with Crippen LogP contribution in [-0.2, 0) is 6.54 Å². The number of hydrogen-bond donors (Lipinski definition) is 0. The minimum atomic E-state index is -2.97. The van der Waals surface area contributed by atoms with Gasteiger partial charge in [-0.1, -0.05) is 0 Å². The Morgan fingerprint density at radius 3 is 2.83 bits per heavy atom. The lowest BCUT2D eigenvalue weighted by molar-refractivity contribution is 0.0672. The van der Waals surface area contributed by atoms with Crippen LogP contribution >= 0.6 is 0 Å². The summed E-state index contributed by atoms with van der Waals surface area (Å²) in [7, 11) is 0. The van der Waals surface area contributed by atoms with Gasteiger partial charge in [-0.2, -0.15) is 5.10 Å². The molecule has 0 aliphatic heterocycles. The van der Waals surface area contributed by atoms with Gasteiger partial charge in [-0.15, -0.1) is 0 Å². The Balaban J connectivity index is 2.82. The zero-order valence-corrected chi connectivity index (χ0v) is 6.50. The number of carbonyl (C=O) groups is 1. The highest BCUT2D eigenvalue weighted by molar-refractivity contribution is 5.96. The normalized spacial score (nSPS) is 10.7. The fourth-order valence-electron chi connectivity index (χ4n) is 0.781. The zero-order chi connectivity index (χ0) is 9.14. The zero-order valence-electron chi connectivity index (χ0n) is 6.50. The fraction of sp³-hybridized carbons (Fsp3) is 0.429. The molecule has 0 spiro atoms. The van der Waals surface area contributed by atoms with E-state index in [1.54, 1.807) is 0 Å². The van der Waals surface area contributed by atoms with E-state index in [9.17, 15) is 13.6 Å². The van der Waals surface area contributed by atoms with Crippen LogP contribution < -0.4 is 0 Å². The van der Waals surface area contributed by atoms with Crippen LogP contribution in [0.2, 0.25) is 0 Å². The van der Waals surface area contributed by atoms with Gasteiger partial charge in [0.1, 0.15) is 5.69 Å². The van der Waals surface area contributed by atoms with Crippen LogP contribution in [0.5, 0.6) is 0 Å². The van der Waals surface area contributed by atoms with Crippen molar-refractivity contribution < 1.29 is 13.6 Å². The van der Waals surface area contributed by atoms with Crippen LogP contribution in [0.4, 0.5) is 8.78 Å². The molecule has 0 unspecified atom stereocenters. The number of alkyl halides is 2. The van der Waals surface area contributed by atoms with Crippen molar-refractivity contribution in [2.75, 3.05) is 0 Å². The summed E-state index contributed by atoms with van der Waals surface area (Å²) in [6, 6.07) is 1.29. The molecule has 12 heavy (non-hydrogen) atoms. The quantitative estimate of drug-likeness (QED) is 0.648. The van der Waals surface area contributed by atoms with E-state index < -0.39 is 12.2 Å². The molecule has 1 heterocycles. The highest BCUT2D eigenvalue weighted by Crippen LogP contribution is 2.04. The SMILES string of the molecule is CCn1ccc(C(=O)C(F)F)n1. The first-order valence-corrected chi connectivity index (χ1v) is 3.51. The maximum absolute atomic E-state index is 11.8. The number of halogens is 2. The highest BCUT2D eigenvalue weighted by Gasteiger charge is 2.19. The largest absolute Gasteiger partial charge is 0.302 e. The van der Waals surface area contributed by atoms with E-state index in [0.717, 1.165) is 0 Å². The van der Waals surface area contributed by atoms with E-state index in [0.29, 0.717) is 6.54 Å². The van der Waals surface area contributed by atoms with Crippen molar-refractivity contribution in [1.82, 2.24) is 9.78 Å². The second kappa shape index (κ2) is 3.42. The average molecular weight is 174 g/mol. The van der Waals surface area contributed by atoms with Crippen LogP contribution in [0.3, 0.4) is 0 Å². The monoisotopic (exact) mass is 174 g/mol. The van der Waals surface area contributed by atoms with Crippen LogP contribution in [-0.4, -0.2) is 22.0 Å². The molecule has 1 rings (SSSR count). The van der Waals surface area contributed by atoms with Crippen LogP contribution in [0, 0.1) is 0 Å². The summed E-state index contributed by atoms with van der Waals surface area (Å²) in [6.07, 6.45) is -1.47. The minimum Gasteiger partial charge on any atom is -0.286 e. The van der Waals surface area contributed by atoms with Gasteiger partial charge in [0.2, 0.25) is 5.78 Å². The molecule has 0 aliphatic carbocycles. The number of nitrogens with zero attached hydrogens (tertiary/aromatic N) is 2. The fourth-order valence-corrected chi connectivity index (χ4v) is 0.781. The molecule has 0 saturated carbocycles. The van der Waals surface area contributed by atoms with E-state index >= 15 is 0 Å². The van der Waals surface area contributed by atoms with E-state index in [1.807, 2.05) is 6.92 Å². The van der Waals surface area contributed by atoms with E-state index in [1.165, 1.54) is 16.9 Å². The predicted molar refractivity (Wildman–Crippen MR) is 38.2 cm³/mol. The van der Waals surface area contributed by atoms with Crippen molar-refractivity contribution in [3.63, 3.8) is 0 Å². The lowest BCUT2D eigenvalue weighted by Gasteiger charge is -1.93. The molecule has 0 bridgehead atoms. The Kier molecular flexibility index (Phi) is 2.52. The van der Waals surface area contributed by atoms with E-state index in [4.69, 9.17) is 0 Å². The molecule has 0 atom stereocenters. The minimum absolute atomic E-state index is 0.174. The maximum atomic E-state index is 11.8. The summed E-state index contributed by atoms with van der Waals surface area (Å²) in [4.78, 5) is 10.6. The average Bonchev–Trinajstić information content (AvgIpc) is 2.50.